The molecular weight excluding hydrogens is 310 g/mol. The lowest BCUT2D eigenvalue weighted by Gasteiger charge is -2.16. The lowest BCUT2D eigenvalue weighted by molar-refractivity contribution is -0.387. The molecule has 0 unspecified atom stereocenters. The van der Waals surface area contributed by atoms with Crippen LogP contribution < -0.4 is 5.73 Å². The first-order chi connectivity index (χ1) is 10.4. The Hall–Kier alpha value is -1.55. The van der Waals surface area contributed by atoms with Gasteiger partial charge in [-0.25, -0.2) is 8.42 Å². The molecule has 0 saturated carbocycles. The fourth-order valence-corrected chi connectivity index (χ4v) is 4.26. The summed E-state index contributed by atoms with van der Waals surface area (Å²) in [6.45, 7) is 2.94. The van der Waals surface area contributed by atoms with Crippen LogP contribution in [0.3, 0.4) is 0 Å². The molecule has 2 atom stereocenters. The van der Waals surface area contributed by atoms with Gasteiger partial charge in [-0.2, -0.15) is 4.31 Å². The Kier molecular flexibility index (Phi) is 5.12. The van der Waals surface area contributed by atoms with Crippen LogP contribution in [0.15, 0.2) is 29.2 Å². The van der Waals surface area contributed by atoms with Crippen LogP contribution in [-0.4, -0.2) is 50.0 Å². The quantitative estimate of drug-likeness (QED) is 0.603. The summed E-state index contributed by atoms with van der Waals surface area (Å²) < 4.78 is 32.1. The highest BCUT2D eigenvalue weighted by Crippen LogP contribution is 2.30. The van der Waals surface area contributed by atoms with Crippen molar-refractivity contribution in [2.45, 2.75) is 17.9 Å². The molecule has 0 aliphatic carbocycles. The summed E-state index contributed by atoms with van der Waals surface area (Å²) in [5.41, 5.74) is 5.24. The molecule has 1 aromatic rings. The average molecular weight is 329 g/mol. The van der Waals surface area contributed by atoms with Crippen molar-refractivity contribution in [2.24, 2.45) is 11.7 Å². The van der Waals surface area contributed by atoms with Gasteiger partial charge in [0.25, 0.3) is 5.69 Å². The molecule has 8 nitrogen and oxygen atoms in total. The maximum Gasteiger partial charge on any atom is 0.289 e. The number of nitrogens with two attached hydrogens (primary N) is 1. The summed E-state index contributed by atoms with van der Waals surface area (Å²) in [5, 5.41) is 11.0. The number of nitro groups is 1. The van der Waals surface area contributed by atoms with Crippen molar-refractivity contribution < 1.29 is 18.1 Å². The molecule has 2 N–H and O–H groups in total. The topological polar surface area (TPSA) is 116 Å². The molecule has 1 aliphatic heterocycles. The number of hydrogen-bond donors (Lipinski definition) is 1. The molecule has 122 valence electrons. The second-order valence-corrected chi connectivity index (χ2v) is 6.94. The molecule has 1 aromatic carbocycles. The van der Waals surface area contributed by atoms with Crippen molar-refractivity contribution >= 4 is 15.7 Å². The first-order valence-electron chi connectivity index (χ1n) is 6.97. The van der Waals surface area contributed by atoms with Gasteiger partial charge in [-0.15, -0.1) is 0 Å². The highest BCUT2D eigenvalue weighted by Gasteiger charge is 2.41. The molecule has 0 spiro atoms. The number of rotatable bonds is 6. The van der Waals surface area contributed by atoms with Crippen molar-refractivity contribution in [1.82, 2.24) is 4.31 Å². The number of hydrogen-bond acceptors (Lipinski definition) is 6. The molecule has 0 bridgehead atoms. The van der Waals surface area contributed by atoms with Crippen molar-refractivity contribution in [2.75, 3.05) is 26.2 Å². The molecular formula is C13H19N3O5S. The second-order valence-electron chi connectivity index (χ2n) is 5.04. The molecule has 0 amide bonds. The number of ether oxygens (including phenoxy) is 1. The van der Waals surface area contributed by atoms with Crippen LogP contribution in [-0.2, 0) is 14.8 Å². The fourth-order valence-electron chi connectivity index (χ4n) is 2.59. The Balaban J connectivity index is 2.34. The van der Waals surface area contributed by atoms with E-state index in [1.807, 2.05) is 6.92 Å². The zero-order chi connectivity index (χ0) is 16.3. The average Bonchev–Trinajstić information content (AvgIpc) is 2.91. The van der Waals surface area contributed by atoms with E-state index in [9.17, 15) is 18.5 Å². The van der Waals surface area contributed by atoms with Crippen LogP contribution in [0, 0.1) is 16.0 Å². The minimum Gasteiger partial charge on any atom is -0.377 e. The third-order valence-electron chi connectivity index (χ3n) is 3.71. The Morgan fingerprint density at radius 1 is 1.41 bits per heavy atom. The van der Waals surface area contributed by atoms with Gasteiger partial charge in [0, 0.05) is 31.7 Å². The molecule has 9 heteroatoms. The first kappa shape index (κ1) is 16.8. The van der Waals surface area contributed by atoms with E-state index in [-0.39, 0.29) is 30.0 Å². The van der Waals surface area contributed by atoms with Crippen molar-refractivity contribution in [3.63, 3.8) is 0 Å². The predicted octanol–water partition coefficient (Wildman–Crippen LogP) is 0.579. The molecule has 1 heterocycles. The lowest BCUT2D eigenvalue weighted by atomic mass is 10.1. The Labute approximate surface area is 129 Å². The van der Waals surface area contributed by atoms with Gasteiger partial charge in [0.2, 0.25) is 10.0 Å². The van der Waals surface area contributed by atoms with E-state index in [2.05, 4.69) is 0 Å². The number of benzene rings is 1. The van der Waals surface area contributed by atoms with Crippen LogP contribution in [0.1, 0.15) is 6.92 Å². The number of sulfonamides is 1. The van der Waals surface area contributed by atoms with Crippen molar-refractivity contribution in [3.05, 3.63) is 34.4 Å². The highest BCUT2D eigenvalue weighted by molar-refractivity contribution is 7.89. The van der Waals surface area contributed by atoms with Gasteiger partial charge in [-0.3, -0.25) is 10.1 Å². The van der Waals surface area contributed by atoms with Crippen molar-refractivity contribution in [1.29, 1.82) is 0 Å². The van der Waals surface area contributed by atoms with Gasteiger partial charge in [0.05, 0.1) is 11.0 Å². The minimum atomic E-state index is -3.95. The highest BCUT2D eigenvalue weighted by atomic mass is 32.2. The van der Waals surface area contributed by atoms with Crippen LogP contribution in [0.2, 0.25) is 0 Å². The predicted molar refractivity (Wildman–Crippen MR) is 79.8 cm³/mol. The third-order valence-corrected chi connectivity index (χ3v) is 5.59. The second kappa shape index (κ2) is 6.69. The summed E-state index contributed by atoms with van der Waals surface area (Å²) in [6.07, 6.45) is -0.285. The van der Waals surface area contributed by atoms with Crippen molar-refractivity contribution in [3.8, 4) is 0 Å². The van der Waals surface area contributed by atoms with E-state index in [1.54, 1.807) is 0 Å². The Morgan fingerprint density at radius 2 is 2.09 bits per heavy atom. The lowest BCUT2D eigenvalue weighted by Crippen LogP contribution is -2.30. The van der Waals surface area contributed by atoms with Crippen LogP contribution >= 0.6 is 0 Å². The largest absolute Gasteiger partial charge is 0.377 e. The molecule has 22 heavy (non-hydrogen) atoms. The SMILES string of the molecule is CCO[C@@H]1CN(S(=O)(=O)c2ccccc2[N+](=O)[O-])C[C@H]1CN. The summed E-state index contributed by atoms with van der Waals surface area (Å²) in [6, 6.07) is 5.34. The monoisotopic (exact) mass is 329 g/mol. The van der Waals surface area contributed by atoms with Gasteiger partial charge in [-0.05, 0) is 19.5 Å². The molecule has 0 radical (unpaired) electrons. The summed E-state index contributed by atoms with van der Waals surface area (Å²) >= 11 is 0. The minimum absolute atomic E-state index is 0.113. The fraction of sp³-hybridized carbons (Fsp3) is 0.538. The van der Waals surface area contributed by atoms with Crippen LogP contribution in [0.25, 0.3) is 0 Å². The van der Waals surface area contributed by atoms with Crippen LogP contribution in [0.5, 0.6) is 0 Å². The Bertz CT molecular complexity index is 649. The summed E-state index contributed by atoms with van der Waals surface area (Å²) in [7, 11) is -3.95. The van der Waals surface area contributed by atoms with E-state index < -0.39 is 20.6 Å². The van der Waals surface area contributed by atoms with E-state index in [4.69, 9.17) is 10.5 Å². The molecule has 1 saturated heterocycles. The van der Waals surface area contributed by atoms with Gasteiger partial charge in [0.1, 0.15) is 0 Å². The van der Waals surface area contributed by atoms with E-state index in [1.165, 1.54) is 28.6 Å². The molecule has 0 aromatic heterocycles. The first-order valence-corrected chi connectivity index (χ1v) is 8.41. The zero-order valence-corrected chi connectivity index (χ0v) is 13.0. The van der Waals surface area contributed by atoms with Gasteiger partial charge >= 0.3 is 0 Å². The molecule has 1 fully saturated rings. The van der Waals surface area contributed by atoms with E-state index in [0.29, 0.717) is 13.2 Å². The maximum absolute atomic E-state index is 12.7. The number of para-hydroxylation sites is 1. The van der Waals surface area contributed by atoms with Gasteiger partial charge < -0.3 is 10.5 Å². The Morgan fingerprint density at radius 3 is 2.68 bits per heavy atom. The smallest absolute Gasteiger partial charge is 0.289 e. The van der Waals surface area contributed by atoms with E-state index in [0.717, 1.165) is 0 Å². The number of nitrogens with zero attached hydrogens (tertiary/aromatic N) is 2. The molecule has 1 aliphatic rings. The normalized spacial score (nSPS) is 22.8. The number of nitro benzene ring substituents is 1. The standard InChI is InChI=1S/C13H19N3O5S/c1-2-21-12-9-15(8-10(12)7-14)22(19,20)13-6-4-3-5-11(13)16(17)18/h3-6,10,12H,2,7-9,14H2,1H3/t10-,12-/m1/s1. The maximum atomic E-state index is 12.7. The van der Waals surface area contributed by atoms with Gasteiger partial charge in [-0.1, -0.05) is 12.1 Å². The van der Waals surface area contributed by atoms with Gasteiger partial charge in [0.15, 0.2) is 4.90 Å². The zero-order valence-electron chi connectivity index (χ0n) is 12.2. The van der Waals surface area contributed by atoms with E-state index >= 15 is 0 Å². The summed E-state index contributed by atoms with van der Waals surface area (Å²) in [5.74, 6) is -0.113. The third kappa shape index (κ3) is 3.12. The molecule has 2 rings (SSSR count). The summed E-state index contributed by atoms with van der Waals surface area (Å²) in [4.78, 5) is 10.1. The van der Waals surface area contributed by atoms with Crippen LogP contribution in [0.4, 0.5) is 5.69 Å².